The molecule has 2 fully saturated rings. The van der Waals surface area contributed by atoms with Crippen LogP contribution in [0.3, 0.4) is 0 Å². The molecule has 14 heavy (non-hydrogen) atoms. The maximum atomic E-state index is 12.5. The summed E-state index contributed by atoms with van der Waals surface area (Å²) in [6, 6.07) is 0. The molecule has 0 aromatic rings. The quantitative estimate of drug-likeness (QED) is 0.693. The molecular weight excluding hydrogens is 223 g/mol. The van der Waals surface area contributed by atoms with Crippen LogP contribution in [-0.4, -0.2) is 24.7 Å². The van der Waals surface area contributed by atoms with Crippen molar-refractivity contribution in [2.45, 2.75) is 42.6 Å². The van der Waals surface area contributed by atoms with Crippen LogP contribution in [0, 0.1) is 5.92 Å². The lowest BCUT2D eigenvalue weighted by molar-refractivity contribution is 0.390. The van der Waals surface area contributed by atoms with Crippen molar-refractivity contribution in [3.05, 3.63) is 0 Å². The van der Waals surface area contributed by atoms with E-state index in [2.05, 4.69) is 0 Å². The van der Waals surface area contributed by atoms with Crippen LogP contribution in [0.15, 0.2) is 0 Å². The maximum absolute atomic E-state index is 12.5. The number of hydrogen-bond donors (Lipinski definition) is 0. The summed E-state index contributed by atoms with van der Waals surface area (Å²) in [4.78, 5) is 0. The van der Waals surface area contributed by atoms with Crippen LogP contribution in [0.4, 0.5) is 3.89 Å². The molecule has 2 aliphatic heterocycles. The summed E-state index contributed by atoms with van der Waals surface area (Å²) < 4.78 is 33.6. The van der Waals surface area contributed by atoms with Gasteiger partial charge in [-0.1, -0.05) is 6.42 Å². The first-order valence-electron chi connectivity index (χ1n) is 5.11. The van der Waals surface area contributed by atoms with Crippen molar-refractivity contribution in [1.29, 1.82) is 0 Å². The number of fused-ring (bicyclic) bond motifs is 2. The van der Waals surface area contributed by atoms with Gasteiger partial charge >= 0.3 is 10.2 Å². The zero-order valence-electron chi connectivity index (χ0n) is 7.99. The van der Waals surface area contributed by atoms with Gasteiger partial charge in [-0.25, -0.2) is 0 Å². The van der Waals surface area contributed by atoms with E-state index in [-0.39, 0.29) is 11.7 Å². The van der Waals surface area contributed by atoms with Gasteiger partial charge in [0.15, 0.2) is 0 Å². The zero-order valence-corrected chi connectivity index (χ0v) is 9.62. The van der Waals surface area contributed by atoms with Crippen LogP contribution in [0.2, 0.25) is 0 Å². The van der Waals surface area contributed by atoms with Gasteiger partial charge in [-0.2, -0.15) is 20.2 Å². The third kappa shape index (κ3) is 2.86. The van der Waals surface area contributed by atoms with E-state index < -0.39 is 10.2 Å². The van der Waals surface area contributed by atoms with E-state index in [0.717, 1.165) is 12.8 Å². The van der Waals surface area contributed by atoms with Gasteiger partial charge in [0.2, 0.25) is 0 Å². The Labute approximate surface area is 88.9 Å². The van der Waals surface area contributed by atoms with Gasteiger partial charge in [-0.15, -0.1) is 3.89 Å². The Morgan fingerprint density at radius 2 is 1.79 bits per heavy atom. The van der Waals surface area contributed by atoms with Crippen LogP contribution in [0.1, 0.15) is 32.1 Å². The van der Waals surface area contributed by atoms with Gasteiger partial charge in [-0.3, -0.25) is 0 Å². The molecule has 2 heterocycles. The molecule has 2 atom stereocenters. The molecule has 0 aliphatic carbocycles. The van der Waals surface area contributed by atoms with E-state index in [9.17, 15) is 12.3 Å². The summed E-state index contributed by atoms with van der Waals surface area (Å²) in [7, 11) is -4.26. The first-order chi connectivity index (χ1) is 6.53. The third-order valence-corrected chi connectivity index (χ3v) is 5.56. The molecule has 2 unspecified atom stereocenters. The van der Waals surface area contributed by atoms with E-state index >= 15 is 0 Å². The molecular formula is C9H15FO2S2. The summed E-state index contributed by atoms with van der Waals surface area (Å²) in [5, 5.41) is 1.18. The lowest BCUT2D eigenvalue weighted by Crippen LogP contribution is -2.31. The summed E-state index contributed by atoms with van der Waals surface area (Å²) >= 11 is 1.99. The van der Waals surface area contributed by atoms with Crippen LogP contribution in [0.25, 0.3) is 0 Å². The van der Waals surface area contributed by atoms with Gasteiger partial charge in [0, 0.05) is 10.5 Å². The smallest absolute Gasteiger partial charge is 0.195 e. The van der Waals surface area contributed by atoms with E-state index in [1.165, 1.54) is 19.3 Å². The highest BCUT2D eigenvalue weighted by atomic mass is 32.3. The first kappa shape index (κ1) is 10.7. The van der Waals surface area contributed by atoms with E-state index in [1.807, 2.05) is 11.8 Å². The molecule has 0 aromatic carbocycles. The molecule has 82 valence electrons. The molecule has 0 saturated carbocycles. The molecule has 2 saturated heterocycles. The highest BCUT2D eigenvalue weighted by Gasteiger charge is 2.34. The SMILES string of the molecule is O=S(=O)(F)CC1CC2CCCC(C1)S2. The minimum absolute atomic E-state index is 0.0709. The van der Waals surface area contributed by atoms with E-state index in [0.29, 0.717) is 10.5 Å². The second-order valence-electron chi connectivity index (χ2n) is 4.35. The van der Waals surface area contributed by atoms with E-state index in [1.54, 1.807) is 0 Å². The fraction of sp³-hybridized carbons (Fsp3) is 1.00. The van der Waals surface area contributed by atoms with Gasteiger partial charge in [0.05, 0.1) is 5.75 Å². The second kappa shape index (κ2) is 4.00. The second-order valence-corrected chi connectivity index (χ2v) is 7.37. The van der Waals surface area contributed by atoms with Crippen molar-refractivity contribution >= 4 is 22.0 Å². The largest absolute Gasteiger partial charge is 0.302 e. The monoisotopic (exact) mass is 238 g/mol. The summed E-state index contributed by atoms with van der Waals surface area (Å²) in [6.45, 7) is 0. The predicted molar refractivity (Wildman–Crippen MR) is 56.6 cm³/mol. The highest BCUT2D eigenvalue weighted by molar-refractivity contribution is 8.00. The van der Waals surface area contributed by atoms with Crippen LogP contribution in [0.5, 0.6) is 0 Å². The molecule has 0 aromatic heterocycles. The Morgan fingerprint density at radius 3 is 2.29 bits per heavy atom. The van der Waals surface area contributed by atoms with E-state index in [4.69, 9.17) is 0 Å². The topological polar surface area (TPSA) is 34.1 Å². The highest BCUT2D eigenvalue weighted by Crippen LogP contribution is 2.44. The minimum atomic E-state index is -4.26. The maximum Gasteiger partial charge on any atom is 0.302 e. The van der Waals surface area contributed by atoms with Crippen molar-refractivity contribution in [1.82, 2.24) is 0 Å². The summed E-state index contributed by atoms with van der Waals surface area (Å²) in [6.07, 6.45) is 5.42. The molecule has 0 radical (unpaired) electrons. The van der Waals surface area contributed by atoms with Crippen molar-refractivity contribution in [2.24, 2.45) is 5.92 Å². The average Bonchev–Trinajstić information content (AvgIpc) is 1.99. The van der Waals surface area contributed by atoms with Gasteiger partial charge in [0.1, 0.15) is 0 Å². The molecule has 2 rings (SSSR count). The number of rotatable bonds is 2. The zero-order chi connectivity index (χ0) is 10.2. The Bertz CT molecular complexity index is 290. The summed E-state index contributed by atoms with van der Waals surface area (Å²) in [5.41, 5.74) is 0. The van der Waals surface area contributed by atoms with Crippen molar-refractivity contribution < 1.29 is 12.3 Å². The lowest BCUT2D eigenvalue weighted by atomic mass is 9.91. The Morgan fingerprint density at radius 1 is 1.21 bits per heavy atom. The standard InChI is InChI=1S/C9H15FO2S2/c10-14(11,12)6-7-4-8-2-1-3-9(5-7)13-8/h7-9H,1-6H2. The molecule has 0 spiro atoms. The Hall–Kier alpha value is 0.230. The van der Waals surface area contributed by atoms with Crippen LogP contribution in [-0.2, 0) is 10.2 Å². The fourth-order valence-electron chi connectivity index (χ4n) is 2.59. The Kier molecular flexibility index (Phi) is 3.07. The normalized spacial score (nSPS) is 38.2. The van der Waals surface area contributed by atoms with Crippen LogP contribution < -0.4 is 0 Å². The van der Waals surface area contributed by atoms with Gasteiger partial charge < -0.3 is 0 Å². The molecule has 2 nitrogen and oxygen atoms in total. The van der Waals surface area contributed by atoms with Crippen molar-refractivity contribution in [3.8, 4) is 0 Å². The fourth-order valence-corrected chi connectivity index (χ4v) is 5.34. The van der Waals surface area contributed by atoms with Gasteiger partial charge in [0.25, 0.3) is 0 Å². The third-order valence-electron chi connectivity index (χ3n) is 3.06. The molecule has 5 heteroatoms. The number of halogens is 1. The molecule has 2 aliphatic rings. The molecule has 2 bridgehead atoms. The minimum Gasteiger partial charge on any atom is -0.195 e. The molecule has 0 N–H and O–H groups in total. The Balaban J connectivity index is 1.96. The number of hydrogen-bond acceptors (Lipinski definition) is 3. The predicted octanol–water partition coefficient (Wildman–Crippen LogP) is 2.35. The summed E-state index contributed by atoms with van der Waals surface area (Å²) in [5.74, 6) is -0.179. The molecule has 0 amide bonds. The van der Waals surface area contributed by atoms with Crippen molar-refractivity contribution in [3.63, 3.8) is 0 Å². The average molecular weight is 238 g/mol. The van der Waals surface area contributed by atoms with Gasteiger partial charge in [-0.05, 0) is 31.6 Å². The van der Waals surface area contributed by atoms with Crippen LogP contribution >= 0.6 is 11.8 Å². The van der Waals surface area contributed by atoms with Crippen molar-refractivity contribution in [2.75, 3.05) is 5.75 Å². The number of thioether (sulfide) groups is 1. The lowest BCUT2D eigenvalue weighted by Gasteiger charge is -2.38. The first-order valence-corrected chi connectivity index (χ1v) is 7.60.